The minimum Gasteiger partial charge on any atom is -0.432 e. The van der Waals surface area contributed by atoms with E-state index in [4.69, 9.17) is 0 Å². The smallest absolute Gasteiger partial charge is 0.400 e. The molecule has 2 aromatic carbocycles. The molecule has 0 unspecified atom stereocenters. The first-order chi connectivity index (χ1) is 20.6. The van der Waals surface area contributed by atoms with E-state index < -0.39 is 35.2 Å². The zero-order chi connectivity index (χ0) is 30.6. The van der Waals surface area contributed by atoms with E-state index >= 15 is 4.39 Å². The highest BCUT2D eigenvalue weighted by Gasteiger charge is 2.45. The molecule has 236 valence electrons. The van der Waals surface area contributed by atoms with E-state index in [1.165, 1.54) is 19.3 Å². The highest BCUT2D eigenvalue weighted by atomic mass is 19.3. The van der Waals surface area contributed by atoms with Crippen LogP contribution in [0.3, 0.4) is 0 Å². The molecule has 43 heavy (non-hydrogen) atoms. The van der Waals surface area contributed by atoms with E-state index in [-0.39, 0.29) is 24.6 Å². The molecule has 0 aromatic heterocycles. The van der Waals surface area contributed by atoms with Gasteiger partial charge < -0.3 is 4.74 Å². The molecule has 0 aliphatic heterocycles. The molecule has 0 saturated heterocycles. The average Bonchev–Trinajstić information content (AvgIpc) is 3.00. The highest BCUT2D eigenvalue weighted by Crippen LogP contribution is 2.47. The summed E-state index contributed by atoms with van der Waals surface area (Å²) in [6.45, 7) is 2.19. The normalized spacial score (nSPS) is 28.7. The molecule has 0 atom stereocenters. The van der Waals surface area contributed by atoms with Crippen molar-refractivity contribution in [3.8, 4) is 5.75 Å². The number of halogens is 6. The number of alkyl halides is 2. The van der Waals surface area contributed by atoms with Gasteiger partial charge in [0.05, 0.1) is 5.92 Å². The van der Waals surface area contributed by atoms with E-state index in [9.17, 15) is 22.0 Å². The number of ether oxygens (including phenoxy) is 1. The van der Waals surface area contributed by atoms with Gasteiger partial charge in [0.15, 0.2) is 17.5 Å². The van der Waals surface area contributed by atoms with Crippen LogP contribution in [0.2, 0.25) is 0 Å². The Bertz CT molecular complexity index is 1210. The van der Waals surface area contributed by atoms with E-state index in [1.807, 2.05) is 6.07 Å². The summed E-state index contributed by atoms with van der Waals surface area (Å²) in [5, 5.41) is 0. The van der Waals surface area contributed by atoms with E-state index in [0.717, 1.165) is 56.1 Å². The van der Waals surface area contributed by atoms with Gasteiger partial charge in [0.2, 0.25) is 0 Å². The van der Waals surface area contributed by atoms with Gasteiger partial charge in [-0.1, -0.05) is 37.6 Å². The first-order valence-electron chi connectivity index (χ1n) is 16.3. The van der Waals surface area contributed by atoms with Gasteiger partial charge in [-0.15, -0.1) is 0 Å². The van der Waals surface area contributed by atoms with Gasteiger partial charge in [-0.3, -0.25) is 0 Å². The summed E-state index contributed by atoms with van der Waals surface area (Å²) in [7, 11) is 0. The molecule has 3 aliphatic carbocycles. The maximum Gasteiger partial charge on any atom is 0.400 e. The van der Waals surface area contributed by atoms with Crippen LogP contribution in [-0.2, 0) is 0 Å². The maximum absolute atomic E-state index is 15.3. The van der Waals surface area contributed by atoms with Crippen molar-refractivity contribution in [2.45, 2.75) is 115 Å². The Morgan fingerprint density at radius 1 is 0.721 bits per heavy atom. The molecule has 0 radical (unpaired) electrons. The summed E-state index contributed by atoms with van der Waals surface area (Å²) in [6, 6.07) is 6.82. The topological polar surface area (TPSA) is 9.23 Å². The van der Waals surface area contributed by atoms with Crippen LogP contribution >= 0.6 is 0 Å². The Balaban J connectivity index is 1.08. The third-order valence-corrected chi connectivity index (χ3v) is 10.5. The lowest BCUT2D eigenvalue weighted by Crippen LogP contribution is -2.38. The molecule has 0 amide bonds. The highest BCUT2D eigenvalue weighted by molar-refractivity contribution is 5.30. The Morgan fingerprint density at radius 3 is 1.88 bits per heavy atom. The van der Waals surface area contributed by atoms with Crippen molar-refractivity contribution in [3.63, 3.8) is 0 Å². The number of allylic oxidation sites excluding steroid dienone is 2. The predicted octanol–water partition coefficient (Wildman–Crippen LogP) is 11.6. The molecular formula is C36H44F6O. The van der Waals surface area contributed by atoms with Crippen LogP contribution in [0.1, 0.15) is 120 Å². The van der Waals surface area contributed by atoms with Crippen molar-refractivity contribution in [1.82, 2.24) is 0 Å². The molecule has 3 saturated carbocycles. The van der Waals surface area contributed by atoms with Gasteiger partial charge in [-0.2, -0.15) is 8.78 Å². The third-order valence-electron chi connectivity index (χ3n) is 10.5. The van der Waals surface area contributed by atoms with Crippen molar-refractivity contribution in [2.75, 3.05) is 0 Å². The first-order valence-corrected chi connectivity index (χ1v) is 16.3. The zero-order valence-electron chi connectivity index (χ0n) is 25.1. The summed E-state index contributed by atoms with van der Waals surface area (Å²) in [4.78, 5) is 0. The Labute approximate surface area is 252 Å². The monoisotopic (exact) mass is 606 g/mol. The molecule has 0 heterocycles. The second-order valence-electron chi connectivity index (χ2n) is 13.2. The molecule has 0 N–H and O–H groups in total. The molecular weight excluding hydrogens is 562 g/mol. The third kappa shape index (κ3) is 7.81. The van der Waals surface area contributed by atoms with Crippen LogP contribution in [0.5, 0.6) is 5.75 Å². The van der Waals surface area contributed by atoms with Gasteiger partial charge >= 0.3 is 6.11 Å². The van der Waals surface area contributed by atoms with Crippen LogP contribution in [-0.4, -0.2) is 6.11 Å². The lowest BCUT2D eigenvalue weighted by Gasteiger charge is -2.39. The van der Waals surface area contributed by atoms with Crippen LogP contribution in [0.4, 0.5) is 26.3 Å². The quantitative estimate of drug-likeness (QED) is 0.157. The van der Waals surface area contributed by atoms with E-state index in [2.05, 4.69) is 29.9 Å². The predicted molar refractivity (Wildman–Crippen MR) is 157 cm³/mol. The van der Waals surface area contributed by atoms with Crippen LogP contribution in [0, 0.1) is 46.9 Å². The van der Waals surface area contributed by atoms with Gasteiger partial charge in [-0.05, 0) is 130 Å². The summed E-state index contributed by atoms with van der Waals surface area (Å²) in [5.41, 5.74) is 1.94. The van der Waals surface area contributed by atoms with E-state index in [1.54, 1.807) is 6.07 Å². The number of benzene rings is 2. The Hall–Kier alpha value is -2.44. The van der Waals surface area contributed by atoms with Crippen molar-refractivity contribution >= 4 is 0 Å². The second kappa shape index (κ2) is 14.1. The standard InChI is InChI=1S/C36H44F6O/c1-2-3-4-5-23-6-8-26(9-7-23)28-16-19-31(32(37)20-28)27-12-10-24(11-13-27)25-14-17-29(18-15-25)36(41,42)43-30-21-33(38)35(40)34(39)22-30/h4-5,16,19-27,29H,2-3,6-15,17-18H2,1H3. The first kappa shape index (κ1) is 32.0. The maximum atomic E-state index is 15.3. The molecule has 5 rings (SSSR count). The Morgan fingerprint density at radius 2 is 1.30 bits per heavy atom. The molecule has 3 fully saturated rings. The lowest BCUT2D eigenvalue weighted by molar-refractivity contribution is -0.224. The molecule has 2 aromatic rings. The molecule has 1 nitrogen and oxygen atoms in total. The van der Waals surface area contributed by atoms with Crippen molar-refractivity contribution in [2.24, 2.45) is 23.7 Å². The van der Waals surface area contributed by atoms with Crippen LogP contribution in [0.25, 0.3) is 0 Å². The largest absolute Gasteiger partial charge is 0.432 e. The fourth-order valence-corrected chi connectivity index (χ4v) is 7.89. The fourth-order valence-electron chi connectivity index (χ4n) is 7.89. The number of unbranched alkanes of at least 4 members (excludes halogenated alkanes) is 1. The number of rotatable bonds is 9. The van der Waals surface area contributed by atoms with Crippen molar-refractivity contribution < 1.29 is 31.1 Å². The van der Waals surface area contributed by atoms with Gasteiger partial charge in [0, 0.05) is 12.1 Å². The van der Waals surface area contributed by atoms with Gasteiger partial charge in [0.25, 0.3) is 0 Å². The lowest BCUT2D eigenvalue weighted by atomic mass is 9.68. The zero-order valence-corrected chi connectivity index (χ0v) is 25.1. The molecule has 0 spiro atoms. The van der Waals surface area contributed by atoms with Gasteiger partial charge in [0.1, 0.15) is 11.6 Å². The van der Waals surface area contributed by atoms with Crippen molar-refractivity contribution in [1.29, 1.82) is 0 Å². The minimum atomic E-state index is -3.60. The van der Waals surface area contributed by atoms with Crippen molar-refractivity contribution in [3.05, 3.63) is 76.9 Å². The summed E-state index contributed by atoms with van der Waals surface area (Å²) >= 11 is 0. The number of hydrogen-bond acceptors (Lipinski definition) is 1. The average molecular weight is 607 g/mol. The molecule has 3 aliphatic rings. The number of hydrogen-bond donors (Lipinski definition) is 0. The summed E-state index contributed by atoms with van der Waals surface area (Å²) < 4.78 is 89.8. The summed E-state index contributed by atoms with van der Waals surface area (Å²) in [6.07, 6.45) is 13.4. The second-order valence-corrected chi connectivity index (χ2v) is 13.2. The fraction of sp³-hybridized carbons (Fsp3) is 0.611. The Kier molecular flexibility index (Phi) is 10.5. The van der Waals surface area contributed by atoms with Crippen LogP contribution < -0.4 is 4.74 Å². The van der Waals surface area contributed by atoms with Crippen LogP contribution in [0.15, 0.2) is 42.5 Å². The van der Waals surface area contributed by atoms with Gasteiger partial charge in [-0.25, -0.2) is 17.6 Å². The summed E-state index contributed by atoms with van der Waals surface area (Å²) in [5.74, 6) is -4.69. The molecule has 7 heteroatoms. The SMILES string of the molecule is CCCC=CC1CCC(c2ccc(C3CCC(C4CCC(C(F)(F)Oc5cc(F)c(F)c(F)c5)CC4)CC3)c(F)c2)CC1. The minimum absolute atomic E-state index is 0.0884. The van der Waals surface area contributed by atoms with E-state index in [0.29, 0.717) is 48.6 Å². The molecule has 0 bridgehead atoms.